The van der Waals surface area contributed by atoms with Gasteiger partial charge in [-0.3, -0.25) is 9.59 Å². The van der Waals surface area contributed by atoms with Crippen LogP contribution in [0, 0.1) is 0 Å². The van der Waals surface area contributed by atoms with Gasteiger partial charge in [-0.05, 0) is 36.8 Å². The number of rotatable bonds is 9. The van der Waals surface area contributed by atoms with Crippen LogP contribution in [0.15, 0.2) is 60.7 Å². The van der Waals surface area contributed by atoms with Crippen molar-refractivity contribution in [3.63, 3.8) is 0 Å². The molecule has 2 N–H and O–H groups in total. The van der Waals surface area contributed by atoms with Crippen molar-refractivity contribution in [1.29, 1.82) is 0 Å². The van der Waals surface area contributed by atoms with Crippen LogP contribution < -0.4 is 10.6 Å². The first kappa shape index (κ1) is 21.1. The van der Waals surface area contributed by atoms with Crippen molar-refractivity contribution in [3.8, 4) is 0 Å². The van der Waals surface area contributed by atoms with E-state index in [1.165, 1.54) is 45.1 Å². The summed E-state index contributed by atoms with van der Waals surface area (Å²) < 4.78 is -0.612. The van der Waals surface area contributed by atoms with E-state index in [0.29, 0.717) is 0 Å². The van der Waals surface area contributed by atoms with E-state index in [0.717, 1.165) is 11.4 Å². The van der Waals surface area contributed by atoms with Gasteiger partial charge in [-0.2, -0.15) is 0 Å². The monoisotopic (exact) mass is 424 g/mol. The molecule has 2 aromatic rings. The molecular weight excluding hydrogens is 404 g/mol. The van der Waals surface area contributed by atoms with Crippen LogP contribution in [-0.2, 0) is 9.59 Å². The van der Waals surface area contributed by atoms with E-state index in [-0.39, 0.29) is 21.0 Å². The second kappa shape index (κ2) is 11.5. The molecule has 2 atom stereocenters. The molecule has 0 saturated heterocycles. The minimum atomic E-state index is -0.306. The third kappa shape index (κ3) is 6.83. The molecule has 0 aliphatic carbocycles. The molecule has 2 amide bonds. The number of carbonyl (C=O) groups is 2. The smallest absolute Gasteiger partial charge is 0.248 e. The summed E-state index contributed by atoms with van der Waals surface area (Å²) in [7, 11) is 2.81. The Morgan fingerprint density at radius 2 is 1.04 bits per heavy atom. The van der Waals surface area contributed by atoms with E-state index in [2.05, 4.69) is 10.6 Å². The summed E-state index contributed by atoms with van der Waals surface area (Å²) in [6.07, 6.45) is 3.78. The van der Waals surface area contributed by atoms with Crippen molar-refractivity contribution < 1.29 is 9.59 Å². The van der Waals surface area contributed by atoms with Gasteiger partial charge >= 0.3 is 0 Å². The van der Waals surface area contributed by atoms with Crippen LogP contribution >= 0.6 is 45.1 Å². The molecule has 8 heteroatoms. The molecule has 26 heavy (non-hydrogen) atoms. The van der Waals surface area contributed by atoms with Crippen LogP contribution in [-0.4, -0.2) is 33.5 Å². The molecule has 0 fully saturated rings. The molecule has 0 aliphatic rings. The summed E-state index contributed by atoms with van der Waals surface area (Å²) in [6, 6.07) is 18.7. The van der Waals surface area contributed by atoms with Gasteiger partial charge < -0.3 is 10.6 Å². The van der Waals surface area contributed by atoms with Gasteiger partial charge in [0, 0.05) is 11.4 Å². The number of para-hydroxylation sites is 2. The maximum atomic E-state index is 12.4. The van der Waals surface area contributed by atoms with Gasteiger partial charge in [0.2, 0.25) is 11.8 Å². The highest BCUT2D eigenvalue weighted by Crippen LogP contribution is 2.40. The Morgan fingerprint density at radius 3 is 1.35 bits per heavy atom. The first-order chi connectivity index (χ1) is 12.6. The van der Waals surface area contributed by atoms with E-state index in [9.17, 15) is 9.59 Å². The summed E-state index contributed by atoms with van der Waals surface area (Å²) in [5.41, 5.74) is 1.54. The van der Waals surface area contributed by atoms with E-state index in [1.807, 2.05) is 73.2 Å². The van der Waals surface area contributed by atoms with Gasteiger partial charge in [0.25, 0.3) is 0 Å². The Balaban J connectivity index is 1.88. The van der Waals surface area contributed by atoms with Crippen molar-refractivity contribution >= 4 is 68.3 Å². The Hall–Kier alpha value is -1.22. The minimum absolute atomic E-state index is 0.0791. The van der Waals surface area contributed by atoms with Gasteiger partial charge in [0.05, 0.1) is 0 Å². The molecule has 0 bridgehead atoms. The van der Waals surface area contributed by atoms with Crippen LogP contribution in [0.4, 0.5) is 11.4 Å². The highest BCUT2D eigenvalue weighted by atomic mass is 33.1. The van der Waals surface area contributed by atoms with Crippen LogP contribution in [0.2, 0.25) is 0 Å². The maximum absolute atomic E-state index is 12.4. The molecule has 0 saturated carbocycles. The number of hydrogen-bond donors (Lipinski definition) is 2. The van der Waals surface area contributed by atoms with Crippen molar-refractivity contribution in [3.05, 3.63) is 60.7 Å². The number of amides is 2. The fraction of sp³-hybridized carbons (Fsp3) is 0.222. The van der Waals surface area contributed by atoms with Crippen molar-refractivity contribution in [2.45, 2.75) is 9.16 Å². The second-order valence-corrected chi connectivity index (χ2v) is 10.0. The van der Waals surface area contributed by atoms with Crippen molar-refractivity contribution in [2.75, 3.05) is 23.1 Å². The SMILES string of the molecule is CSC(SSC(SC)C(=O)Nc1ccccc1)C(=O)Nc1ccccc1. The number of benzene rings is 2. The third-order valence-corrected chi connectivity index (χ3v) is 9.29. The molecule has 4 nitrogen and oxygen atoms in total. The lowest BCUT2D eigenvalue weighted by Gasteiger charge is -2.17. The van der Waals surface area contributed by atoms with E-state index >= 15 is 0 Å². The van der Waals surface area contributed by atoms with E-state index in [1.54, 1.807) is 0 Å². The van der Waals surface area contributed by atoms with Crippen LogP contribution in [0.5, 0.6) is 0 Å². The summed E-state index contributed by atoms with van der Waals surface area (Å²) >= 11 is 2.91. The predicted octanol–water partition coefficient (Wildman–Crippen LogP) is 5.02. The molecule has 0 heterocycles. The van der Waals surface area contributed by atoms with Crippen LogP contribution in [0.25, 0.3) is 0 Å². The molecule has 2 rings (SSSR count). The van der Waals surface area contributed by atoms with Gasteiger partial charge in [-0.1, -0.05) is 58.0 Å². The number of nitrogens with one attached hydrogen (secondary N) is 2. The largest absolute Gasteiger partial charge is 0.324 e. The van der Waals surface area contributed by atoms with Gasteiger partial charge in [-0.25, -0.2) is 0 Å². The van der Waals surface area contributed by atoms with Crippen LogP contribution in [0.1, 0.15) is 0 Å². The number of carbonyl (C=O) groups excluding carboxylic acids is 2. The highest BCUT2D eigenvalue weighted by molar-refractivity contribution is 8.80. The zero-order valence-corrected chi connectivity index (χ0v) is 17.6. The Morgan fingerprint density at radius 1 is 0.692 bits per heavy atom. The fourth-order valence-corrected chi connectivity index (χ4v) is 6.96. The number of thioether (sulfide) groups is 2. The maximum Gasteiger partial charge on any atom is 0.248 e. The predicted molar refractivity (Wildman–Crippen MR) is 120 cm³/mol. The van der Waals surface area contributed by atoms with Crippen molar-refractivity contribution in [1.82, 2.24) is 0 Å². The summed E-state index contributed by atoms with van der Waals surface area (Å²) in [4.78, 5) is 24.9. The molecular formula is C18H20N2O2S4. The molecule has 0 aliphatic heterocycles. The fourth-order valence-electron chi connectivity index (χ4n) is 1.93. The van der Waals surface area contributed by atoms with Crippen LogP contribution in [0.3, 0.4) is 0 Å². The first-order valence-corrected chi connectivity index (χ1v) is 12.6. The van der Waals surface area contributed by atoms with Crippen molar-refractivity contribution in [2.24, 2.45) is 0 Å². The number of anilines is 2. The zero-order valence-electron chi connectivity index (χ0n) is 14.4. The van der Waals surface area contributed by atoms with Gasteiger partial charge in [0.1, 0.15) is 9.16 Å². The summed E-state index contributed by atoms with van der Waals surface area (Å²) in [6.45, 7) is 0. The third-order valence-electron chi connectivity index (χ3n) is 3.17. The average molecular weight is 425 g/mol. The second-order valence-electron chi connectivity index (χ2n) is 5.04. The molecule has 138 valence electrons. The number of hydrogen-bond acceptors (Lipinski definition) is 6. The topological polar surface area (TPSA) is 58.2 Å². The van der Waals surface area contributed by atoms with E-state index in [4.69, 9.17) is 0 Å². The Bertz CT molecular complexity index is 639. The molecule has 0 spiro atoms. The Labute approximate surface area is 170 Å². The molecule has 2 aromatic carbocycles. The quantitative estimate of drug-likeness (QED) is 0.435. The first-order valence-electron chi connectivity index (χ1n) is 7.73. The minimum Gasteiger partial charge on any atom is -0.324 e. The lowest BCUT2D eigenvalue weighted by molar-refractivity contribution is -0.115. The summed E-state index contributed by atoms with van der Waals surface area (Å²) in [5, 5.41) is 5.80. The van der Waals surface area contributed by atoms with E-state index < -0.39 is 0 Å². The zero-order chi connectivity index (χ0) is 18.8. The Kier molecular flexibility index (Phi) is 9.31. The molecule has 2 unspecified atom stereocenters. The standard InChI is InChI=1S/C18H20N2O2S4/c1-23-17(15(21)19-13-9-5-3-6-10-13)25-26-18(24-2)16(22)20-14-11-7-4-8-12-14/h3-12,17-18H,1-2H3,(H,19,21)(H,20,22). The van der Waals surface area contributed by atoms with Gasteiger partial charge in [0.15, 0.2) is 0 Å². The normalized spacial score (nSPS) is 12.8. The highest BCUT2D eigenvalue weighted by Gasteiger charge is 2.24. The molecule has 0 radical (unpaired) electrons. The lowest BCUT2D eigenvalue weighted by Crippen LogP contribution is -2.24. The lowest BCUT2D eigenvalue weighted by atomic mass is 10.3. The molecule has 0 aromatic heterocycles. The van der Waals surface area contributed by atoms with Gasteiger partial charge in [-0.15, -0.1) is 23.5 Å². The average Bonchev–Trinajstić information content (AvgIpc) is 2.66. The summed E-state index contributed by atoms with van der Waals surface area (Å²) in [5.74, 6) is -0.158.